The number of nitrogens with one attached hydrogen (secondary N) is 1. The summed E-state index contributed by atoms with van der Waals surface area (Å²) in [5.74, 6) is 0.802. The van der Waals surface area contributed by atoms with Gasteiger partial charge in [0.1, 0.15) is 11.6 Å². The van der Waals surface area contributed by atoms with Gasteiger partial charge in [0.05, 0.1) is 5.02 Å². The van der Waals surface area contributed by atoms with Gasteiger partial charge in [0, 0.05) is 13.1 Å². The first kappa shape index (κ1) is 12.6. The molecule has 1 N–H and O–H groups in total. The van der Waals surface area contributed by atoms with Crippen LogP contribution in [0.4, 0.5) is 10.2 Å². The number of benzene rings is 1. The van der Waals surface area contributed by atoms with Crippen LogP contribution in [0.1, 0.15) is 5.82 Å². The average Bonchev–Trinajstić information content (AvgIpc) is 2.34. The fraction of sp³-hybridized carbons (Fsp3) is 0.167. The van der Waals surface area contributed by atoms with Gasteiger partial charge in [-0.1, -0.05) is 17.7 Å². The zero-order valence-electron chi connectivity index (χ0n) is 9.87. The third-order valence-electron chi connectivity index (χ3n) is 2.20. The van der Waals surface area contributed by atoms with E-state index in [-0.39, 0.29) is 16.7 Å². The standard InChI is InChI=1S/C12H11ClFN3O/c1-7-16-10(15-2)6-11(17-7)18-9-5-3-4-8(13)12(9)14/h3-6H,1-2H3,(H,15,16,17). The summed E-state index contributed by atoms with van der Waals surface area (Å²) in [6.45, 7) is 1.72. The van der Waals surface area contributed by atoms with Gasteiger partial charge in [-0.05, 0) is 19.1 Å². The molecule has 0 amide bonds. The molecule has 0 fully saturated rings. The van der Waals surface area contributed by atoms with E-state index >= 15 is 0 Å². The molecule has 0 radical (unpaired) electrons. The second-order valence-corrected chi connectivity index (χ2v) is 3.95. The van der Waals surface area contributed by atoms with E-state index in [0.29, 0.717) is 11.6 Å². The Labute approximate surface area is 109 Å². The molecule has 0 aliphatic carbocycles. The lowest BCUT2D eigenvalue weighted by Gasteiger charge is -2.08. The van der Waals surface area contributed by atoms with Crippen LogP contribution in [0.15, 0.2) is 24.3 Å². The first-order chi connectivity index (χ1) is 8.60. The molecule has 6 heteroatoms. The molecule has 0 saturated carbocycles. The van der Waals surface area contributed by atoms with Crippen molar-refractivity contribution in [2.24, 2.45) is 0 Å². The van der Waals surface area contributed by atoms with E-state index in [9.17, 15) is 4.39 Å². The van der Waals surface area contributed by atoms with Gasteiger partial charge in [0.25, 0.3) is 0 Å². The first-order valence-electron chi connectivity index (χ1n) is 5.25. The van der Waals surface area contributed by atoms with E-state index < -0.39 is 5.82 Å². The summed E-state index contributed by atoms with van der Waals surface area (Å²) < 4.78 is 19.0. The highest BCUT2D eigenvalue weighted by Crippen LogP contribution is 2.28. The summed E-state index contributed by atoms with van der Waals surface area (Å²) in [6, 6.07) is 6.12. The van der Waals surface area contributed by atoms with Crippen LogP contribution in [0.5, 0.6) is 11.6 Å². The van der Waals surface area contributed by atoms with Gasteiger partial charge >= 0.3 is 0 Å². The number of nitrogens with zero attached hydrogens (tertiary/aromatic N) is 2. The van der Waals surface area contributed by atoms with Crippen molar-refractivity contribution >= 4 is 17.4 Å². The summed E-state index contributed by atoms with van der Waals surface area (Å²) in [5.41, 5.74) is 0. The molecule has 0 aliphatic heterocycles. The van der Waals surface area contributed by atoms with Crippen LogP contribution in [-0.2, 0) is 0 Å². The van der Waals surface area contributed by atoms with Crippen molar-refractivity contribution in [3.8, 4) is 11.6 Å². The van der Waals surface area contributed by atoms with Crippen molar-refractivity contribution in [2.75, 3.05) is 12.4 Å². The number of ether oxygens (including phenoxy) is 1. The normalized spacial score (nSPS) is 10.2. The monoisotopic (exact) mass is 267 g/mol. The lowest BCUT2D eigenvalue weighted by Crippen LogP contribution is -1.99. The highest BCUT2D eigenvalue weighted by atomic mass is 35.5. The number of halogens is 2. The molecular formula is C12H11ClFN3O. The van der Waals surface area contributed by atoms with Gasteiger partial charge < -0.3 is 10.1 Å². The Hall–Kier alpha value is -1.88. The van der Waals surface area contributed by atoms with Crippen molar-refractivity contribution in [1.29, 1.82) is 0 Å². The Morgan fingerprint density at radius 1 is 1.33 bits per heavy atom. The first-order valence-corrected chi connectivity index (χ1v) is 5.63. The van der Waals surface area contributed by atoms with Gasteiger partial charge in [0.15, 0.2) is 11.6 Å². The smallest absolute Gasteiger partial charge is 0.224 e. The van der Waals surface area contributed by atoms with E-state index in [0.717, 1.165) is 0 Å². The van der Waals surface area contributed by atoms with Gasteiger partial charge in [-0.25, -0.2) is 9.37 Å². The molecule has 2 aromatic rings. The van der Waals surface area contributed by atoms with Crippen molar-refractivity contribution in [3.05, 3.63) is 40.9 Å². The maximum atomic E-state index is 13.7. The molecule has 4 nitrogen and oxygen atoms in total. The maximum absolute atomic E-state index is 13.7. The zero-order valence-corrected chi connectivity index (χ0v) is 10.6. The van der Waals surface area contributed by atoms with Crippen LogP contribution in [0.2, 0.25) is 5.02 Å². The third-order valence-corrected chi connectivity index (χ3v) is 2.49. The number of hydrogen-bond donors (Lipinski definition) is 1. The van der Waals surface area contributed by atoms with Crippen molar-refractivity contribution in [2.45, 2.75) is 6.92 Å². The average molecular weight is 268 g/mol. The molecule has 0 saturated heterocycles. The quantitative estimate of drug-likeness (QED) is 0.926. The number of rotatable bonds is 3. The Kier molecular flexibility index (Phi) is 3.62. The van der Waals surface area contributed by atoms with Crippen LogP contribution >= 0.6 is 11.6 Å². The lowest BCUT2D eigenvalue weighted by atomic mass is 10.3. The van der Waals surface area contributed by atoms with Gasteiger partial charge in [-0.15, -0.1) is 0 Å². The molecular weight excluding hydrogens is 257 g/mol. The zero-order chi connectivity index (χ0) is 13.1. The molecule has 0 atom stereocenters. The van der Waals surface area contributed by atoms with Crippen LogP contribution < -0.4 is 10.1 Å². The minimum Gasteiger partial charge on any atom is -0.436 e. The van der Waals surface area contributed by atoms with E-state index in [4.69, 9.17) is 16.3 Å². The van der Waals surface area contributed by atoms with E-state index in [1.807, 2.05) is 0 Å². The highest BCUT2D eigenvalue weighted by Gasteiger charge is 2.10. The van der Waals surface area contributed by atoms with E-state index in [1.165, 1.54) is 12.1 Å². The Bertz CT molecular complexity index is 577. The van der Waals surface area contributed by atoms with Gasteiger partial charge in [0.2, 0.25) is 5.88 Å². The predicted octanol–water partition coefficient (Wildman–Crippen LogP) is 3.41. The molecule has 1 aromatic carbocycles. The van der Waals surface area contributed by atoms with E-state index in [2.05, 4.69) is 15.3 Å². The molecule has 1 aromatic heterocycles. The summed E-state index contributed by atoms with van der Waals surface area (Å²) in [4.78, 5) is 8.18. The van der Waals surface area contributed by atoms with Crippen molar-refractivity contribution in [3.63, 3.8) is 0 Å². The van der Waals surface area contributed by atoms with Crippen molar-refractivity contribution < 1.29 is 9.13 Å². The Balaban J connectivity index is 2.34. The molecule has 1 heterocycles. The number of aryl methyl sites for hydroxylation is 1. The number of aromatic nitrogens is 2. The Morgan fingerprint density at radius 2 is 2.11 bits per heavy atom. The lowest BCUT2D eigenvalue weighted by molar-refractivity contribution is 0.426. The number of hydrogen-bond acceptors (Lipinski definition) is 4. The fourth-order valence-corrected chi connectivity index (χ4v) is 1.56. The Morgan fingerprint density at radius 3 is 2.83 bits per heavy atom. The topological polar surface area (TPSA) is 47.0 Å². The van der Waals surface area contributed by atoms with Crippen LogP contribution in [0, 0.1) is 12.7 Å². The van der Waals surface area contributed by atoms with Crippen molar-refractivity contribution in [1.82, 2.24) is 9.97 Å². The largest absolute Gasteiger partial charge is 0.436 e. The fourth-order valence-electron chi connectivity index (χ4n) is 1.40. The summed E-state index contributed by atoms with van der Waals surface area (Å²) >= 11 is 5.67. The second kappa shape index (κ2) is 5.18. The summed E-state index contributed by atoms with van der Waals surface area (Å²) in [5, 5.41) is 2.88. The molecule has 0 spiro atoms. The SMILES string of the molecule is CNc1cc(Oc2cccc(Cl)c2F)nc(C)n1. The molecule has 0 aliphatic rings. The molecule has 0 unspecified atom stereocenters. The van der Waals surface area contributed by atoms with Crippen LogP contribution in [-0.4, -0.2) is 17.0 Å². The maximum Gasteiger partial charge on any atom is 0.224 e. The minimum absolute atomic E-state index is 0.00659. The summed E-state index contributed by atoms with van der Waals surface area (Å²) in [6.07, 6.45) is 0. The van der Waals surface area contributed by atoms with Gasteiger partial charge in [-0.2, -0.15) is 4.98 Å². The third kappa shape index (κ3) is 2.68. The summed E-state index contributed by atoms with van der Waals surface area (Å²) in [7, 11) is 1.73. The van der Waals surface area contributed by atoms with Crippen LogP contribution in [0.3, 0.4) is 0 Å². The second-order valence-electron chi connectivity index (χ2n) is 3.54. The number of anilines is 1. The van der Waals surface area contributed by atoms with Crippen LogP contribution in [0.25, 0.3) is 0 Å². The molecule has 0 bridgehead atoms. The highest BCUT2D eigenvalue weighted by molar-refractivity contribution is 6.30. The molecule has 94 valence electrons. The molecule has 18 heavy (non-hydrogen) atoms. The minimum atomic E-state index is -0.610. The van der Waals surface area contributed by atoms with Gasteiger partial charge in [-0.3, -0.25) is 0 Å². The molecule has 2 rings (SSSR count). The van der Waals surface area contributed by atoms with E-state index in [1.54, 1.807) is 26.1 Å². The predicted molar refractivity (Wildman–Crippen MR) is 67.8 cm³/mol.